The van der Waals surface area contributed by atoms with Crippen LogP contribution in [-0.4, -0.2) is 36.2 Å². The molecule has 1 aromatic rings. The summed E-state index contributed by atoms with van der Waals surface area (Å²) in [6.07, 6.45) is 0.899. The summed E-state index contributed by atoms with van der Waals surface area (Å²) in [5.74, 6) is 0.631. The Labute approximate surface area is 105 Å². The van der Waals surface area contributed by atoms with Gasteiger partial charge in [0.1, 0.15) is 5.01 Å². The van der Waals surface area contributed by atoms with Crippen LogP contribution in [0.4, 0.5) is 5.13 Å². The zero-order chi connectivity index (χ0) is 12.4. The highest BCUT2D eigenvalue weighted by molar-refractivity contribution is 7.15. The van der Waals surface area contributed by atoms with Crippen LogP contribution in [0.1, 0.15) is 31.2 Å². The molecule has 0 spiro atoms. The summed E-state index contributed by atoms with van der Waals surface area (Å²) in [7, 11) is 1.69. The lowest BCUT2D eigenvalue weighted by Crippen LogP contribution is -2.30. The average Bonchev–Trinajstić information content (AvgIpc) is 2.95. The topological polar surface area (TPSA) is 58.1 Å². The second-order valence-electron chi connectivity index (χ2n) is 4.62. The van der Waals surface area contributed by atoms with E-state index in [2.05, 4.69) is 34.3 Å². The van der Waals surface area contributed by atoms with Gasteiger partial charge in [-0.25, -0.2) is 0 Å². The average molecular weight is 254 g/mol. The number of anilines is 1. The molecule has 0 aromatic carbocycles. The number of hydrogen-bond acceptors (Lipinski definition) is 5. The van der Waals surface area contributed by atoms with Gasteiger partial charge in [-0.2, -0.15) is 0 Å². The van der Waals surface area contributed by atoms with Crippen molar-refractivity contribution in [2.24, 2.45) is 5.92 Å². The molecule has 2 rings (SSSR count). The van der Waals surface area contributed by atoms with E-state index in [0.717, 1.165) is 29.6 Å². The zero-order valence-corrected chi connectivity index (χ0v) is 11.3. The smallest absolute Gasteiger partial charge is 0.224 e. The van der Waals surface area contributed by atoms with E-state index in [1.807, 2.05) is 0 Å². The lowest BCUT2D eigenvalue weighted by Gasteiger charge is -2.13. The summed E-state index contributed by atoms with van der Waals surface area (Å²) in [6, 6.07) is 0. The Hall–Kier alpha value is -1.17. The Balaban J connectivity index is 2.02. The molecular formula is C11H18N4OS. The first kappa shape index (κ1) is 12.3. The Morgan fingerprint density at radius 1 is 1.53 bits per heavy atom. The van der Waals surface area contributed by atoms with Gasteiger partial charge in [-0.3, -0.25) is 4.79 Å². The van der Waals surface area contributed by atoms with Crippen molar-refractivity contribution in [2.75, 3.05) is 25.0 Å². The van der Waals surface area contributed by atoms with E-state index in [4.69, 9.17) is 0 Å². The number of rotatable bonds is 3. The molecule has 1 amide bonds. The van der Waals surface area contributed by atoms with Crippen LogP contribution in [0.2, 0.25) is 0 Å². The third-order valence-corrected chi connectivity index (χ3v) is 4.28. The molecule has 1 atom stereocenters. The summed E-state index contributed by atoms with van der Waals surface area (Å²) in [5.41, 5.74) is 0. The van der Waals surface area contributed by atoms with Crippen LogP contribution in [0.25, 0.3) is 0 Å². The van der Waals surface area contributed by atoms with Gasteiger partial charge in [0.2, 0.25) is 11.0 Å². The number of carbonyl (C=O) groups is 1. The molecular weight excluding hydrogens is 236 g/mol. The van der Waals surface area contributed by atoms with Gasteiger partial charge in [0.05, 0.1) is 5.92 Å². The zero-order valence-electron chi connectivity index (χ0n) is 10.4. The highest BCUT2D eigenvalue weighted by atomic mass is 32.1. The van der Waals surface area contributed by atoms with Crippen molar-refractivity contribution in [3.05, 3.63) is 5.01 Å². The third kappa shape index (κ3) is 2.57. The monoisotopic (exact) mass is 254 g/mol. The van der Waals surface area contributed by atoms with Crippen molar-refractivity contribution >= 4 is 22.4 Å². The van der Waals surface area contributed by atoms with Crippen molar-refractivity contribution in [2.45, 2.75) is 26.2 Å². The maximum absolute atomic E-state index is 11.5. The molecule has 1 unspecified atom stereocenters. The summed E-state index contributed by atoms with van der Waals surface area (Å²) < 4.78 is 0. The molecule has 94 valence electrons. The number of amides is 1. The summed E-state index contributed by atoms with van der Waals surface area (Å²) in [5, 5.41) is 13.1. The molecule has 0 radical (unpaired) electrons. The second kappa shape index (κ2) is 5.00. The largest absolute Gasteiger partial charge is 0.359 e. The maximum atomic E-state index is 11.5. The van der Waals surface area contributed by atoms with Crippen LogP contribution in [0, 0.1) is 5.92 Å². The maximum Gasteiger partial charge on any atom is 0.224 e. The van der Waals surface area contributed by atoms with Gasteiger partial charge in [0.25, 0.3) is 0 Å². The fourth-order valence-corrected chi connectivity index (χ4v) is 2.82. The molecule has 0 saturated carbocycles. The first-order valence-corrected chi connectivity index (χ1v) is 6.73. The molecule has 6 heteroatoms. The fraction of sp³-hybridized carbons (Fsp3) is 0.727. The first-order chi connectivity index (χ1) is 8.11. The quantitative estimate of drug-likeness (QED) is 0.881. The standard InChI is InChI=1S/C11H18N4OS/c1-7(2)10-13-14-11(17-10)15-5-4-8(6-15)9(16)12-3/h7-8H,4-6H2,1-3H3,(H,12,16). The molecule has 1 N–H and O–H groups in total. The van der Waals surface area contributed by atoms with E-state index in [1.165, 1.54) is 0 Å². The van der Waals surface area contributed by atoms with Gasteiger partial charge < -0.3 is 10.2 Å². The van der Waals surface area contributed by atoms with Crippen molar-refractivity contribution in [1.82, 2.24) is 15.5 Å². The molecule has 5 nitrogen and oxygen atoms in total. The van der Waals surface area contributed by atoms with Gasteiger partial charge >= 0.3 is 0 Å². The van der Waals surface area contributed by atoms with E-state index >= 15 is 0 Å². The highest BCUT2D eigenvalue weighted by Gasteiger charge is 2.29. The molecule has 1 fully saturated rings. The minimum atomic E-state index is 0.0893. The van der Waals surface area contributed by atoms with E-state index in [0.29, 0.717) is 5.92 Å². The lowest BCUT2D eigenvalue weighted by molar-refractivity contribution is -0.123. The van der Waals surface area contributed by atoms with Crippen LogP contribution in [0.15, 0.2) is 0 Å². The van der Waals surface area contributed by atoms with Gasteiger partial charge in [-0.05, 0) is 6.42 Å². The molecule has 2 heterocycles. The minimum Gasteiger partial charge on any atom is -0.359 e. The van der Waals surface area contributed by atoms with Crippen LogP contribution >= 0.6 is 11.3 Å². The SMILES string of the molecule is CNC(=O)C1CCN(c2nnc(C(C)C)s2)C1. The predicted octanol–water partition coefficient (Wildman–Crippen LogP) is 1.23. The number of nitrogens with zero attached hydrogens (tertiary/aromatic N) is 3. The second-order valence-corrected chi connectivity index (χ2v) is 5.61. The van der Waals surface area contributed by atoms with Gasteiger partial charge in [-0.1, -0.05) is 25.2 Å². The van der Waals surface area contributed by atoms with E-state index in [-0.39, 0.29) is 11.8 Å². The van der Waals surface area contributed by atoms with Crippen molar-refractivity contribution in [3.8, 4) is 0 Å². The van der Waals surface area contributed by atoms with Gasteiger partial charge in [0, 0.05) is 26.1 Å². The third-order valence-electron chi connectivity index (χ3n) is 3.00. The van der Waals surface area contributed by atoms with E-state index in [1.54, 1.807) is 18.4 Å². The number of aromatic nitrogens is 2. The fourth-order valence-electron chi connectivity index (χ4n) is 1.94. The van der Waals surface area contributed by atoms with E-state index in [9.17, 15) is 4.79 Å². The number of carbonyl (C=O) groups excluding carboxylic acids is 1. The highest BCUT2D eigenvalue weighted by Crippen LogP contribution is 2.29. The van der Waals surface area contributed by atoms with Crippen LogP contribution < -0.4 is 10.2 Å². The molecule has 17 heavy (non-hydrogen) atoms. The van der Waals surface area contributed by atoms with Crippen molar-refractivity contribution < 1.29 is 4.79 Å². The van der Waals surface area contributed by atoms with Crippen LogP contribution in [-0.2, 0) is 4.79 Å². The Morgan fingerprint density at radius 3 is 2.88 bits per heavy atom. The molecule has 1 aliphatic heterocycles. The molecule has 1 aromatic heterocycles. The Kier molecular flexibility index (Phi) is 3.61. The molecule has 0 bridgehead atoms. The van der Waals surface area contributed by atoms with Gasteiger partial charge in [0.15, 0.2) is 0 Å². The van der Waals surface area contributed by atoms with Crippen LogP contribution in [0.3, 0.4) is 0 Å². The van der Waals surface area contributed by atoms with Crippen LogP contribution in [0.5, 0.6) is 0 Å². The lowest BCUT2D eigenvalue weighted by atomic mass is 10.1. The van der Waals surface area contributed by atoms with E-state index < -0.39 is 0 Å². The number of hydrogen-bond donors (Lipinski definition) is 1. The minimum absolute atomic E-state index is 0.0893. The Bertz CT molecular complexity index is 404. The molecule has 1 aliphatic rings. The molecule has 1 saturated heterocycles. The Morgan fingerprint density at radius 2 is 2.29 bits per heavy atom. The summed E-state index contributed by atoms with van der Waals surface area (Å²) >= 11 is 1.63. The molecule has 0 aliphatic carbocycles. The predicted molar refractivity (Wildman–Crippen MR) is 68.4 cm³/mol. The summed E-state index contributed by atoms with van der Waals surface area (Å²) in [6.45, 7) is 5.88. The normalized spacial score (nSPS) is 20.0. The number of nitrogens with one attached hydrogen (secondary N) is 1. The van der Waals surface area contributed by atoms with Crippen molar-refractivity contribution in [3.63, 3.8) is 0 Å². The first-order valence-electron chi connectivity index (χ1n) is 5.91. The van der Waals surface area contributed by atoms with Gasteiger partial charge in [-0.15, -0.1) is 10.2 Å². The summed E-state index contributed by atoms with van der Waals surface area (Å²) in [4.78, 5) is 13.7. The van der Waals surface area contributed by atoms with Crippen molar-refractivity contribution in [1.29, 1.82) is 0 Å².